The van der Waals surface area contributed by atoms with Crippen molar-refractivity contribution in [2.24, 2.45) is 4.99 Å². The molecule has 122 valence electrons. The number of aryl methyl sites for hydroxylation is 2. The molecule has 1 fully saturated rings. The molecule has 0 aliphatic heterocycles. The second-order valence-corrected chi connectivity index (χ2v) is 5.95. The van der Waals surface area contributed by atoms with Crippen molar-refractivity contribution in [2.75, 3.05) is 6.54 Å². The molecule has 5 nitrogen and oxygen atoms in total. The second kappa shape index (κ2) is 6.86. The average Bonchev–Trinajstić information content (AvgIpc) is 3.24. The van der Waals surface area contributed by atoms with E-state index in [9.17, 15) is 0 Å². The number of rotatable bonds is 5. The Balaban J connectivity index is 1.60. The number of nitrogens with zero attached hydrogens (tertiary/aromatic N) is 2. The monoisotopic (exact) mass is 312 g/mol. The van der Waals surface area contributed by atoms with Gasteiger partial charge in [0.1, 0.15) is 12.3 Å². The van der Waals surface area contributed by atoms with Gasteiger partial charge in [-0.1, -0.05) is 30.3 Å². The number of hydrogen-bond acceptors (Lipinski definition) is 3. The van der Waals surface area contributed by atoms with Crippen LogP contribution in [-0.4, -0.2) is 23.5 Å². The van der Waals surface area contributed by atoms with Gasteiger partial charge in [0, 0.05) is 18.5 Å². The van der Waals surface area contributed by atoms with Gasteiger partial charge in [-0.05, 0) is 32.8 Å². The summed E-state index contributed by atoms with van der Waals surface area (Å²) in [6.07, 6.45) is 1.14. The molecule has 2 aromatic rings. The van der Waals surface area contributed by atoms with Crippen molar-refractivity contribution in [3.63, 3.8) is 0 Å². The predicted molar refractivity (Wildman–Crippen MR) is 91.5 cm³/mol. The standard InChI is InChI=1S/C18H24N4O/c1-4-19-18(20-11-17-21-12(2)13(3)23-17)22-16-10-15(16)14-8-6-5-7-9-14/h5-9,15-16H,4,10-11H2,1-3H3,(H2,19,20,22). The zero-order valence-electron chi connectivity index (χ0n) is 14.0. The van der Waals surface area contributed by atoms with E-state index in [0.29, 0.717) is 24.4 Å². The van der Waals surface area contributed by atoms with Crippen molar-refractivity contribution < 1.29 is 4.42 Å². The van der Waals surface area contributed by atoms with Crippen LogP contribution < -0.4 is 10.6 Å². The Labute approximate surface area is 137 Å². The second-order valence-electron chi connectivity index (χ2n) is 5.95. The lowest BCUT2D eigenvalue weighted by molar-refractivity contribution is 0.472. The van der Waals surface area contributed by atoms with Crippen LogP contribution in [0.3, 0.4) is 0 Å². The third-order valence-corrected chi connectivity index (χ3v) is 4.13. The summed E-state index contributed by atoms with van der Waals surface area (Å²) in [6.45, 7) is 7.22. The smallest absolute Gasteiger partial charge is 0.216 e. The molecule has 1 aliphatic rings. The van der Waals surface area contributed by atoms with Crippen LogP contribution in [0.25, 0.3) is 0 Å². The van der Waals surface area contributed by atoms with Crippen LogP contribution in [0.15, 0.2) is 39.7 Å². The first-order chi connectivity index (χ1) is 11.2. The molecule has 0 bridgehead atoms. The van der Waals surface area contributed by atoms with Crippen molar-refractivity contribution in [2.45, 2.75) is 45.7 Å². The number of aromatic nitrogens is 1. The van der Waals surface area contributed by atoms with Crippen molar-refractivity contribution in [3.05, 3.63) is 53.2 Å². The molecule has 3 rings (SSSR count). The molecule has 1 aromatic heterocycles. The van der Waals surface area contributed by atoms with Crippen LogP contribution >= 0.6 is 0 Å². The highest BCUT2D eigenvalue weighted by Crippen LogP contribution is 2.40. The fourth-order valence-corrected chi connectivity index (χ4v) is 2.67. The Kier molecular flexibility index (Phi) is 4.65. The highest BCUT2D eigenvalue weighted by Gasteiger charge is 2.38. The van der Waals surface area contributed by atoms with Crippen LogP contribution in [0, 0.1) is 13.8 Å². The van der Waals surface area contributed by atoms with Gasteiger partial charge in [-0.2, -0.15) is 0 Å². The summed E-state index contributed by atoms with van der Waals surface area (Å²) in [5.41, 5.74) is 2.32. The number of benzene rings is 1. The Bertz CT molecular complexity index is 658. The van der Waals surface area contributed by atoms with Crippen molar-refractivity contribution in [1.82, 2.24) is 15.6 Å². The summed E-state index contributed by atoms with van der Waals surface area (Å²) in [6, 6.07) is 11.1. The topological polar surface area (TPSA) is 62.5 Å². The minimum Gasteiger partial charge on any atom is -0.444 e. The quantitative estimate of drug-likeness (QED) is 0.658. The Morgan fingerprint density at radius 1 is 1.30 bits per heavy atom. The van der Waals surface area contributed by atoms with Crippen molar-refractivity contribution in [1.29, 1.82) is 0 Å². The maximum atomic E-state index is 5.58. The number of nitrogens with one attached hydrogen (secondary N) is 2. The van der Waals surface area contributed by atoms with E-state index in [0.717, 1.165) is 30.4 Å². The summed E-state index contributed by atoms with van der Waals surface area (Å²) in [7, 11) is 0. The maximum Gasteiger partial charge on any atom is 0.216 e. The van der Waals surface area contributed by atoms with E-state index < -0.39 is 0 Å². The molecule has 1 heterocycles. The van der Waals surface area contributed by atoms with Gasteiger partial charge in [0.05, 0.1) is 5.69 Å². The van der Waals surface area contributed by atoms with Gasteiger partial charge in [-0.15, -0.1) is 0 Å². The normalized spacial score (nSPS) is 20.4. The third kappa shape index (κ3) is 3.92. The molecule has 1 saturated carbocycles. The first-order valence-electron chi connectivity index (χ1n) is 8.20. The molecule has 0 amide bonds. The van der Waals surface area contributed by atoms with Crippen molar-refractivity contribution >= 4 is 5.96 Å². The van der Waals surface area contributed by atoms with Gasteiger partial charge in [0.2, 0.25) is 5.89 Å². The summed E-state index contributed by atoms with van der Waals surface area (Å²) in [4.78, 5) is 8.95. The summed E-state index contributed by atoms with van der Waals surface area (Å²) < 4.78 is 5.58. The lowest BCUT2D eigenvalue weighted by Gasteiger charge is -2.10. The van der Waals surface area contributed by atoms with E-state index in [2.05, 4.69) is 57.9 Å². The molecular formula is C18H24N4O. The van der Waals surface area contributed by atoms with Gasteiger partial charge in [0.25, 0.3) is 0 Å². The molecule has 2 N–H and O–H groups in total. The van der Waals surface area contributed by atoms with Crippen LogP contribution in [0.5, 0.6) is 0 Å². The average molecular weight is 312 g/mol. The lowest BCUT2D eigenvalue weighted by atomic mass is 10.1. The molecule has 2 atom stereocenters. The minimum atomic E-state index is 0.447. The van der Waals surface area contributed by atoms with Crippen LogP contribution in [0.4, 0.5) is 0 Å². The van der Waals surface area contributed by atoms with E-state index in [-0.39, 0.29) is 0 Å². The summed E-state index contributed by atoms with van der Waals surface area (Å²) in [5, 5.41) is 6.79. The number of oxazole rings is 1. The molecule has 23 heavy (non-hydrogen) atoms. The minimum absolute atomic E-state index is 0.447. The van der Waals surface area contributed by atoms with Crippen LogP contribution in [0.1, 0.15) is 42.2 Å². The highest BCUT2D eigenvalue weighted by atomic mass is 16.4. The Hall–Kier alpha value is -2.30. The third-order valence-electron chi connectivity index (χ3n) is 4.13. The molecule has 1 aliphatic carbocycles. The molecular weight excluding hydrogens is 288 g/mol. The fourth-order valence-electron chi connectivity index (χ4n) is 2.67. The van der Waals surface area contributed by atoms with Crippen LogP contribution in [0.2, 0.25) is 0 Å². The van der Waals surface area contributed by atoms with Gasteiger partial charge in [-0.25, -0.2) is 9.98 Å². The van der Waals surface area contributed by atoms with Crippen molar-refractivity contribution in [3.8, 4) is 0 Å². The van der Waals surface area contributed by atoms with E-state index in [4.69, 9.17) is 4.42 Å². The van der Waals surface area contributed by atoms with E-state index >= 15 is 0 Å². The number of aliphatic imine (C=N–C) groups is 1. The summed E-state index contributed by atoms with van der Waals surface area (Å²) >= 11 is 0. The Morgan fingerprint density at radius 3 is 2.74 bits per heavy atom. The molecule has 1 aromatic carbocycles. The van der Waals surface area contributed by atoms with Gasteiger partial charge < -0.3 is 15.1 Å². The highest BCUT2D eigenvalue weighted by molar-refractivity contribution is 5.80. The van der Waals surface area contributed by atoms with Gasteiger partial charge in [0.15, 0.2) is 5.96 Å². The Morgan fingerprint density at radius 2 is 2.09 bits per heavy atom. The first-order valence-corrected chi connectivity index (χ1v) is 8.20. The molecule has 0 saturated heterocycles. The number of hydrogen-bond donors (Lipinski definition) is 2. The van der Waals surface area contributed by atoms with E-state index in [1.165, 1.54) is 5.56 Å². The first kappa shape index (κ1) is 15.6. The maximum absolute atomic E-state index is 5.58. The molecule has 0 spiro atoms. The molecule has 0 radical (unpaired) electrons. The molecule has 5 heteroatoms. The van der Waals surface area contributed by atoms with Crippen LogP contribution in [-0.2, 0) is 6.54 Å². The van der Waals surface area contributed by atoms with Gasteiger partial charge >= 0.3 is 0 Å². The number of guanidine groups is 1. The van der Waals surface area contributed by atoms with E-state index in [1.54, 1.807) is 0 Å². The SMILES string of the molecule is CCNC(=NCc1nc(C)c(C)o1)NC1CC1c1ccccc1. The zero-order valence-corrected chi connectivity index (χ0v) is 14.0. The van der Waals surface area contributed by atoms with E-state index in [1.807, 2.05) is 13.8 Å². The summed E-state index contributed by atoms with van der Waals surface area (Å²) in [5.74, 6) is 2.92. The van der Waals surface area contributed by atoms with Gasteiger partial charge in [-0.3, -0.25) is 0 Å². The fraction of sp³-hybridized carbons (Fsp3) is 0.444. The lowest BCUT2D eigenvalue weighted by Crippen LogP contribution is -2.39. The predicted octanol–water partition coefficient (Wildman–Crippen LogP) is 2.90. The molecule has 2 unspecified atom stereocenters. The zero-order chi connectivity index (χ0) is 16.2. The largest absolute Gasteiger partial charge is 0.444 e.